The molecule has 1 N–H and O–H groups in total. The molecule has 1 saturated heterocycles. The molecule has 0 saturated carbocycles. The maximum absolute atomic E-state index is 13.2. The summed E-state index contributed by atoms with van der Waals surface area (Å²) in [4.78, 5) is 6.05. The third-order valence-corrected chi connectivity index (χ3v) is 5.69. The van der Waals surface area contributed by atoms with Gasteiger partial charge in [0.25, 0.3) is 0 Å². The Morgan fingerprint density at radius 2 is 2.21 bits per heavy atom. The van der Waals surface area contributed by atoms with E-state index in [-0.39, 0.29) is 35.5 Å². The molecule has 0 atom stereocenters. The molecule has 0 aromatic heterocycles. The number of guanidine groups is 1. The van der Waals surface area contributed by atoms with E-state index in [1.165, 1.54) is 16.4 Å². The van der Waals surface area contributed by atoms with Crippen molar-refractivity contribution in [1.82, 2.24) is 14.5 Å². The van der Waals surface area contributed by atoms with E-state index < -0.39 is 10.0 Å². The average molecular weight is 470 g/mol. The van der Waals surface area contributed by atoms with Gasteiger partial charge in [-0.2, -0.15) is 0 Å². The van der Waals surface area contributed by atoms with Gasteiger partial charge < -0.3 is 10.2 Å². The van der Waals surface area contributed by atoms with Gasteiger partial charge >= 0.3 is 0 Å². The van der Waals surface area contributed by atoms with Gasteiger partial charge in [0.05, 0.1) is 5.75 Å². The lowest BCUT2D eigenvalue weighted by atomic mass is 10.2. The number of rotatable bonds is 5. The summed E-state index contributed by atoms with van der Waals surface area (Å²) in [6.07, 6.45) is 0.691. The third kappa shape index (κ3) is 5.85. The summed E-state index contributed by atoms with van der Waals surface area (Å²) in [5, 5.41) is 3.14. The van der Waals surface area contributed by atoms with Gasteiger partial charge in [0.15, 0.2) is 5.96 Å². The van der Waals surface area contributed by atoms with Crippen molar-refractivity contribution in [3.05, 3.63) is 35.6 Å². The maximum Gasteiger partial charge on any atom is 0.214 e. The van der Waals surface area contributed by atoms with Crippen molar-refractivity contribution in [2.45, 2.75) is 13.0 Å². The predicted molar refractivity (Wildman–Crippen MR) is 105 cm³/mol. The molecule has 1 aromatic carbocycles. The van der Waals surface area contributed by atoms with Gasteiger partial charge in [-0.05, 0) is 24.1 Å². The monoisotopic (exact) mass is 470 g/mol. The lowest BCUT2D eigenvalue weighted by molar-refractivity contribution is 0.432. The molecule has 1 aromatic rings. The van der Waals surface area contributed by atoms with Gasteiger partial charge in [0, 0.05) is 40.3 Å². The first-order valence-corrected chi connectivity index (χ1v) is 9.17. The largest absolute Gasteiger partial charge is 0.355 e. The van der Waals surface area contributed by atoms with Crippen LogP contribution in [0.1, 0.15) is 12.0 Å². The number of nitrogens with one attached hydrogen (secondary N) is 1. The average Bonchev–Trinajstić information content (AvgIpc) is 2.82. The molecule has 1 heterocycles. The minimum Gasteiger partial charge on any atom is -0.355 e. The van der Waals surface area contributed by atoms with E-state index in [0.717, 1.165) is 5.56 Å². The van der Waals surface area contributed by atoms with Crippen LogP contribution < -0.4 is 5.32 Å². The Morgan fingerprint density at radius 3 is 2.79 bits per heavy atom. The molecule has 0 unspecified atom stereocenters. The van der Waals surface area contributed by atoms with Crippen LogP contribution in [0.25, 0.3) is 0 Å². The summed E-state index contributed by atoms with van der Waals surface area (Å²) < 4.78 is 38.2. The van der Waals surface area contributed by atoms with Gasteiger partial charge in [-0.1, -0.05) is 12.1 Å². The van der Waals surface area contributed by atoms with Crippen LogP contribution in [0, 0.1) is 5.82 Å². The molecular weight excluding hydrogens is 446 g/mol. The first-order chi connectivity index (χ1) is 10.9. The number of nitrogens with zero attached hydrogens (tertiary/aromatic N) is 3. The number of hydrogen-bond acceptors (Lipinski definition) is 3. The standard InChI is InChI=1S/C15H23FN4O2S.HI/c1-17-15(18-7-9-20-8-4-10-23(20,21)22)19(2)12-13-5-3-6-14(16)11-13;/h3,5-6,11H,4,7-10,12H2,1-2H3,(H,17,18);1H. The predicted octanol–water partition coefficient (Wildman–Crippen LogP) is 1.49. The molecule has 0 spiro atoms. The number of benzene rings is 1. The van der Waals surface area contributed by atoms with Crippen LogP contribution in [-0.4, -0.2) is 63.1 Å². The Hall–Kier alpha value is -0.940. The molecule has 9 heteroatoms. The Kier molecular flexibility index (Phi) is 8.37. The Morgan fingerprint density at radius 1 is 1.46 bits per heavy atom. The van der Waals surface area contributed by atoms with Crippen LogP contribution in [0.2, 0.25) is 0 Å². The SMILES string of the molecule is CN=C(NCCN1CCCS1(=O)=O)N(C)Cc1cccc(F)c1.I. The van der Waals surface area contributed by atoms with Crippen molar-refractivity contribution in [2.24, 2.45) is 4.99 Å². The summed E-state index contributed by atoms with van der Waals surface area (Å²) in [7, 11) is 0.451. The number of sulfonamides is 1. The molecule has 24 heavy (non-hydrogen) atoms. The normalized spacial score (nSPS) is 17.4. The second-order valence-corrected chi connectivity index (χ2v) is 7.62. The van der Waals surface area contributed by atoms with E-state index in [1.54, 1.807) is 13.1 Å². The fourth-order valence-electron chi connectivity index (χ4n) is 2.60. The number of hydrogen-bond donors (Lipinski definition) is 1. The first kappa shape index (κ1) is 21.1. The highest BCUT2D eigenvalue weighted by molar-refractivity contribution is 14.0. The first-order valence-electron chi connectivity index (χ1n) is 7.56. The van der Waals surface area contributed by atoms with Gasteiger partial charge in [0.2, 0.25) is 10.0 Å². The minimum atomic E-state index is -3.07. The van der Waals surface area contributed by atoms with E-state index in [9.17, 15) is 12.8 Å². The summed E-state index contributed by atoms with van der Waals surface area (Å²) in [5.41, 5.74) is 0.845. The van der Waals surface area contributed by atoms with E-state index in [0.29, 0.717) is 38.6 Å². The van der Waals surface area contributed by atoms with Gasteiger partial charge in [-0.25, -0.2) is 17.1 Å². The van der Waals surface area contributed by atoms with Crippen LogP contribution in [0.15, 0.2) is 29.3 Å². The molecule has 1 aliphatic heterocycles. The maximum atomic E-state index is 13.2. The molecule has 0 aliphatic carbocycles. The molecule has 136 valence electrons. The zero-order chi connectivity index (χ0) is 16.9. The number of aliphatic imine (C=N–C) groups is 1. The second-order valence-electron chi connectivity index (χ2n) is 5.53. The lowest BCUT2D eigenvalue weighted by Crippen LogP contribution is -2.42. The van der Waals surface area contributed by atoms with E-state index in [1.807, 2.05) is 18.0 Å². The van der Waals surface area contributed by atoms with Crippen molar-refractivity contribution in [1.29, 1.82) is 0 Å². The fourth-order valence-corrected chi connectivity index (χ4v) is 4.13. The van der Waals surface area contributed by atoms with E-state index in [4.69, 9.17) is 0 Å². The summed E-state index contributed by atoms with van der Waals surface area (Å²) in [6, 6.07) is 6.42. The van der Waals surface area contributed by atoms with Crippen molar-refractivity contribution in [3.63, 3.8) is 0 Å². The lowest BCUT2D eigenvalue weighted by Gasteiger charge is -2.23. The topological polar surface area (TPSA) is 65.0 Å². The van der Waals surface area contributed by atoms with Gasteiger partial charge in [-0.3, -0.25) is 4.99 Å². The molecule has 1 fully saturated rings. The zero-order valence-corrected chi connectivity index (χ0v) is 17.1. The molecule has 2 rings (SSSR count). The van der Waals surface area contributed by atoms with Crippen molar-refractivity contribution < 1.29 is 12.8 Å². The quantitative estimate of drug-likeness (QED) is 0.403. The molecular formula is C15H24FIN4O2S. The Labute approximate surface area is 160 Å². The van der Waals surface area contributed by atoms with Gasteiger partial charge in [0.1, 0.15) is 5.82 Å². The summed E-state index contributed by atoms with van der Waals surface area (Å²) >= 11 is 0. The summed E-state index contributed by atoms with van der Waals surface area (Å²) in [6.45, 7) is 2.01. The van der Waals surface area contributed by atoms with Crippen molar-refractivity contribution in [3.8, 4) is 0 Å². The molecule has 6 nitrogen and oxygen atoms in total. The minimum absolute atomic E-state index is 0. The van der Waals surface area contributed by atoms with Crippen molar-refractivity contribution in [2.75, 3.05) is 39.5 Å². The Balaban J connectivity index is 0.00000288. The number of halogens is 2. The molecule has 0 radical (unpaired) electrons. The van der Waals surface area contributed by atoms with Crippen LogP contribution in [0.4, 0.5) is 4.39 Å². The fraction of sp³-hybridized carbons (Fsp3) is 0.533. The second kappa shape index (κ2) is 9.52. The van der Waals surface area contributed by atoms with Crippen LogP contribution >= 0.6 is 24.0 Å². The Bertz CT molecular complexity index is 669. The highest BCUT2D eigenvalue weighted by atomic mass is 127. The van der Waals surface area contributed by atoms with Crippen LogP contribution in [0.5, 0.6) is 0 Å². The summed E-state index contributed by atoms with van der Waals surface area (Å²) in [5.74, 6) is 0.616. The van der Waals surface area contributed by atoms with E-state index in [2.05, 4.69) is 10.3 Å². The molecule has 0 amide bonds. The molecule has 1 aliphatic rings. The molecule has 0 bridgehead atoms. The van der Waals surface area contributed by atoms with Crippen molar-refractivity contribution >= 4 is 40.0 Å². The smallest absolute Gasteiger partial charge is 0.214 e. The highest BCUT2D eigenvalue weighted by Gasteiger charge is 2.27. The van der Waals surface area contributed by atoms with E-state index >= 15 is 0 Å². The third-order valence-electron chi connectivity index (χ3n) is 3.73. The van der Waals surface area contributed by atoms with Gasteiger partial charge in [-0.15, -0.1) is 24.0 Å². The zero-order valence-electron chi connectivity index (χ0n) is 13.9. The van der Waals surface area contributed by atoms with Crippen LogP contribution in [0.3, 0.4) is 0 Å². The van der Waals surface area contributed by atoms with Crippen LogP contribution in [-0.2, 0) is 16.6 Å². The highest BCUT2D eigenvalue weighted by Crippen LogP contribution is 2.12.